The van der Waals surface area contributed by atoms with Crippen LogP contribution in [0, 0.1) is 0 Å². The smallest absolute Gasteiger partial charge is 0.289 e. The van der Waals surface area contributed by atoms with Gasteiger partial charge in [0.25, 0.3) is 11.8 Å². The lowest BCUT2D eigenvalue weighted by molar-refractivity contribution is -0.124. The number of rotatable bonds is 7. The molecule has 1 aliphatic heterocycles. The van der Waals surface area contributed by atoms with E-state index in [1.165, 1.54) is 11.8 Å². The SMILES string of the molecule is O=C(COc1ccccc1Cc1ccccc1)NC1CCN(C(=O)c2ccco2)CC1. The van der Waals surface area contributed by atoms with E-state index >= 15 is 0 Å². The Labute approximate surface area is 181 Å². The summed E-state index contributed by atoms with van der Waals surface area (Å²) in [6, 6.07) is 21.4. The van der Waals surface area contributed by atoms with Gasteiger partial charge in [0, 0.05) is 25.6 Å². The highest BCUT2D eigenvalue weighted by Crippen LogP contribution is 2.21. The maximum absolute atomic E-state index is 12.4. The van der Waals surface area contributed by atoms with Crippen molar-refractivity contribution in [2.75, 3.05) is 19.7 Å². The van der Waals surface area contributed by atoms with Crippen LogP contribution in [-0.2, 0) is 11.2 Å². The van der Waals surface area contributed by atoms with Crippen LogP contribution in [0.5, 0.6) is 5.75 Å². The number of hydrogen-bond acceptors (Lipinski definition) is 4. The Kier molecular flexibility index (Phi) is 6.67. The first-order chi connectivity index (χ1) is 15.2. The van der Waals surface area contributed by atoms with E-state index in [-0.39, 0.29) is 24.5 Å². The van der Waals surface area contributed by atoms with E-state index in [4.69, 9.17) is 9.15 Å². The van der Waals surface area contributed by atoms with E-state index in [9.17, 15) is 9.59 Å². The molecular formula is C25H26N2O4. The zero-order valence-corrected chi connectivity index (χ0v) is 17.3. The molecule has 1 N–H and O–H groups in total. The third-order valence-corrected chi connectivity index (χ3v) is 5.45. The molecule has 6 nitrogen and oxygen atoms in total. The molecule has 160 valence electrons. The number of benzene rings is 2. The number of amides is 2. The van der Waals surface area contributed by atoms with Crippen molar-refractivity contribution in [2.24, 2.45) is 0 Å². The molecule has 2 amide bonds. The number of furan rings is 1. The van der Waals surface area contributed by atoms with Gasteiger partial charge in [0.2, 0.25) is 0 Å². The average molecular weight is 418 g/mol. The lowest BCUT2D eigenvalue weighted by Gasteiger charge is -2.31. The summed E-state index contributed by atoms with van der Waals surface area (Å²) in [6.45, 7) is 1.15. The molecule has 3 aromatic rings. The number of piperidine rings is 1. The van der Waals surface area contributed by atoms with Gasteiger partial charge in [0.1, 0.15) is 5.75 Å². The summed E-state index contributed by atoms with van der Waals surface area (Å²) in [5, 5.41) is 3.03. The zero-order chi connectivity index (χ0) is 21.5. The number of hydrogen-bond donors (Lipinski definition) is 1. The van der Waals surface area contributed by atoms with Gasteiger partial charge in [0.05, 0.1) is 6.26 Å². The minimum absolute atomic E-state index is 0.0304. The second-order valence-corrected chi connectivity index (χ2v) is 7.67. The van der Waals surface area contributed by atoms with Crippen LogP contribution < -0.4 is 10.1 Å². The molecule has 0 atom stereocenters. The number of likely N-dealkylation sites (tertiary alicyclic amines) is 1. The molecule has 2 aromatic carbocycles. The summed E-state index contributed by atoms with van der Waals surface area (Å²) in [5.41, 5.74) is 2.24. The van der Waals surface area contributed by atoms with Crippen LogP contribution in [0.3, 0.4) is 0 Å². The van der Waals surface area contributed by atoms with E-state index < -0.39 is 0 Å². The molecule has 2 heterocycles. The molecule has 0 unspecified atom stereocenters. The van der Waals surface area contributed by atoms with Crippen LogP contribution in [0.4, 0.5) is 0 Å². The number of ether oxygens (including phenoxy) is 1. The molecule has 0 bridgehead atoms. The van der Waals surface area contributed by atoms with Crippen molar-refractivity contribution in [1.29, 1.82) is 0 Å². The first-order valence-corrected chi connectivity index (χ1v) is 10.6. The monoisotopic (exact) mass is 418 g/mol. The van der Waals surface area contributed by atoms with Gasteiger partial charge in [-0.1, -0.05) is 48.5 Å². The molecule has 0 radical (unpaired) electrons. The normalized spacial score (nSPS) is 14.3. The Morgan fingerprint density at radius 1 is 0.968 bits per heavy atom. The maximum Gasteiger partial charge on any atom is 0.289 e. The van der Waals surface area contributed by atoms with Gasteiger partial charge in [-0.2, -0.15) is 0 Å². The quantitative estimate of drug-likeness (QED) is 0.636. The van der Waals surface area contributed by atoms with Crippen LogP contribution in [0.15, 0.2) is 77.4 Å². The van der Waals surface area contributed by atoms with Gasteiger partial charge in [-0.05, 0) is 42.2 Å². The number of nitrogens with one attached hydrogen (secondary N) is 1. The zero-order valence-electron chi connectivity index (χ0n) is 17.3. The molecular weight excluding hydrogens is 392 g/mol. The molecule has 1 fully saturated rings. The van der Waals surface area contributed by atoms with E-state index in [0.717, 1.165) is 17.7 Å². The first kappa shape index (κ1) is 20.7. The molecule has 0 saturated carbocycles. The predicted molar refractivity (Wildman–Crippen MR) is 117 cm³/mol. The second kappa shape index (κ2) is 9.98. The Morgan fingerprint density at radius 3 is 2.45 bits per heavy atom. The maximum atomic E-state index is 12.4. The number of nitrogens with zero attached hydrogens (tertiary/aromatic N) is 1. The summed E-state index contributed by atoms with van der Waals surface area (Å²) in [4.78, 5) is 26.5. The van der Waals surface area contributed by atoms with Gasteiger partial charge in [0.15, 0.2) is 12.4 Å². The van der Waals surface area contributed by atoms with Crippen LogP contribution >= 0.6 is 0 Å². The minimum Gasteiger partial charge on any atom is -0.483 e. The van der Waals surface area contributed by atoms with Crippen molar-refractivity contribution >= 4 is 11.8 Å². The van der Waals surface area contributed by atoms with E-state index in [1.807, 2.05) is 42.5 Å². The third kappa shape index (κ3) is 5.54. The summed E-state index contributed by atoms with van der Waals surface area (Å²) in [6.07, 6.45) is 3.67. The van der Waals surface area contributed by atoms with Crippen LogP contribution in [0.2, 0.25) is 0 Å². The van der Waals surface area contributed by atoms with Crippen molar-refractivity contribution in [2.45, 2.75) is 25.3 Å². The van der Waals surface area contributed by atoms with Crippen molar-refractivity contribution in [1.82, 2.24) is 10.2 Å². The van der Waals surface area contributed by atoms with Gasteiger partial charge in [-0.3, -0.25) is 9.59 Å². The first-order valence-electron chi connectivity index (χ1n) is 10.6. The van der Waals surface area contributed by atoms with Crippen molar-refractivity contribution in [3.63, 3.8) is 0 Å². The molecule has 6 heteroatoms. The van der Waals surface area contributed by atoms with Gasteiger partial charge in [-0.15, -0.1) is 0 Å². The topological polar surface area (TPSA) is 71.8 Å². The molecule has 0 aliphatic carbocycles. The Bertz CT molecular complexity index is 993. The average Bonchev–Trinajstić information content (AvgIpc) is 3.34. The fourth-order valence-corrected chi connectivity index (χ4v) is 3.80. The van der Waals surface area contributed by atoms with Crippen molar-refractivity contribution in [3.8, 4) is 5.75 Å². The standard InChI is InChI=1S/C25H26N2O4/c28-24(26-21-12-14-27(15-13-21)25(29)23-11-6-16-30-23)18-31-22-10-5-4-9-20(22)17-19-7-2-1-3-8-19/h1-11,16,21H,12-15,17-18H2,(H,26,28). The molecule has 1 saturated heterocycles. The van der Waals surface area contributed by atoms with E-state index in [1.54, 1.807) is 17.0 Å². The fourth-order valence-electron chi connectivity index (χ4n) is 3.80. The highest BCUT2D eigenvalue weighted by Gasteiger charge is 2.25. The summed E-state index contributed by atoms with van der Waals surface area (Å²) >= 11 is 0. The second-order valence-electron chi connectivity index (χ2n) is 7.67. The van der Waals surface area contributed by atoms with Crippen molar-refractivity contribution in [3.05, 3.63) is 89.9 Å². The number of carbonyl (C=O) groups is 2. The number of para-hydroxylation sites is 1. The van der Waals surface area contributed by atoms with Crippen LogP contribution in [0.1, 0.15) is 34.5 Å². The Balaban J connectivity index is 1.25. The largest absolute Gasteiger partial charge is 0.483 e. The lowest BCUT2D eigenvalue weighted by atomic mass is 10.0. The fraction of sp³-hybridized carbons (Fsp3) is 0.280. The summed E-state index contributed by atoms with van der Waals surface area (Å²) in [5.74, 6) is 0.823. The van der Waals surface area contributed by atoms with Gasteiger partial charge in [-0.25, -0.2) is 0 Å². The summed E-state index contributed by atoms with van der Waals surface area (Å²) in [7, 11) is 0. The lowest BCUT2D eigenvalue weighted by Crippen LogP contribution is -2.47. The third-order valence-electron chi connectivity index (χ3n) is 5.45. The van der Waals surface area contributed by atoms with Gasteiger partial charge >= 0.3 is 0 Å². The van der Waals surface area contributed by atoms with E-state index in [0.29, 0.717) is 31.7 Å². The number of carbonyl (C=O) groups excluding carboxylic acids is 2. The van der Waals surface area contributed by atoms with Crippen molar-refractivity contribution < 1.29 is 18.7 Å². The van der Waals surface area contributed by atoms with E-state index in [2.05, 4.69) is 17.4 Å². The van der Waals surface area contributed by atoms with Crippen LogP contribution in [0.25, 0.3) is 0 Å². The highest BCUT2D eigenvalue weighted by atomic mass is 16.5. The highest BCUT2D eigenvalue weighted by molar-refractivity contribution is 5.91. The Morgan fingerprint density at radius 2 is 1.71 bits per heavy atom. The molecule has 1 aromatic heterocycles. The molecule has 31 heavy (non-hydrogen) atoms. The predicted octanol–water partition coefficient (Wildman–Crippen LogP) is 3.67. The summed E-state index contributed by atoms with van der Waals surface area (Å²) < 4.78 is 11.0. The molecule has 0 spiro atoms. The van der Waals surface area contributed by atoms with Gasteiger partial charge < -0.3 is 19.4 Å². The minimum atomic E-state index is -0.148. The van der Waals surface area contributed by atoms with Crippen LogP contribution in [-0.4, -0.2) is 42.5 Å². The Hall–Kier alpha value is -3.54. The molecule has 4 rings (SSSR count). The molecule has 1 aliphatic rings.